The summed E-state index contributed by atoms with van der Waals surface area (Å²) < 4.78 is 4.46. The Morgan fingerprint density at radius 1 is 1.62 bits per heavy atom. The number of nitrogens with one attached hydrogen (secondary N) is 1. The molecule has 1 aromatic heterocycles. The quantitative estimate of drug-likeness (QED) is 0.561. The van der Waals surface area contributed by atoms with Gasteiger partial charge in [-0.15, -0.1) is 0 Å². The first-order chi connectivity index (χ1) is 7.59. The van der Waals surface area contributed by atoms with Crippen LogP contribution >= 0.6 is 0 Å². The van der Waals surface area contributed by atoms with E-state index >= 15 is 0 Å². The molecule has 8 heteroatoms. The van der Waals surface area contributed by atoms with Gasteiger partial charge in [-0.05, 0) is 6.42 Å². The van der Waals surface area contributed by atoms with Crippen molar-refractivity contribution in [3.63, 3.8) is 0 Å². The zero-order valence-electron chi connectivity index (χ0n) is 8.42. The van der Waals surface area contributed by atoms with Gasteiger partial charge in [0.15, 0.2) is 5.82 Å². The summed E-state index contributed by atoms with van der Waals surface area (Å²) in [7, 11) is 0. The molecular formula is C8H12N4O4. The SMILES string of the molecule is NC(CCC(=O)O)C(=O)NCc1ncon1. The van der Waals surface area contributed by atoms with E-state index in [1.807, 2.05) is 0 Å². The Morgan fingerprint density at radius 2 is 2.38 bits per heavy atom. The van der Waals surface area contributed by atoms with Crippen molar-refractivity contribution in [2.75, 3.05) is 0 Å². The number of hydrogen-bond acceptors (Lipinski definition) is 6. The predicted molar refractivity (Wildman–Crippen MR) is 51.0 cm³/mol. The van der Waals surface area contributed by atoms with Crippen molar-refractivity contribution in [2.45, 2.75) is 25.4 Å². The van der Waals surface area contributed by atoms with Crippen LogP contribution in [0, 0.1) is 0 Å². The van der Waals surface area contributed by atoms with Crippen LogP contribution in [0.4, 0.5) is 0 Å². The highest BCUT2D eigenvalue weighted by Crippen LogP contribution is 1.95. The highest BCUT2D eigenvalue weighted by atomic mass is 16.5. The average Bonchev–Trinajstić information content (AvgIpc) is 2.75. The third-order valence-corrected chi connectivity index (χ3v) is 1.83. The predicted octanol–water partition coefficient (Wildman–Crippen LogP) is -1.12. The van der Waals surface area contributed by atoms with E-state index in [0.717, 1.165) is 6.39 Å². The maximum absolute atomic E-state index is 11.3. The maximum atomic E-state index is 11.3. The fraction of sp³-hybridized carbons (Fsp3) is 0.500. The Balaban J connectivity index is 2.26. The van der Waals surface area contributed by atoms with Crippen molar-refractivity contribution in [3.05, 3.63) is 12.2 Å². The van der Waals surface area contributed by atoms with Gasteiger partial charge in [-0.25, -0.2) is 0 Å². The molecule has 4 N–H and O–H groups in total. The summed E-state index contributed by atoms with van der Waals surface area (Å²) in [6, 6.07) is -0.844. The number of rotatable bonds is 6. The molecular weight excluding hydrogens is 216 g/mol. The molecule has 0 aliphatic carbocycles. The second kappa shape index (κ2) is 5.81. The minimum absolute atomic E-state index is 0.0907. The van der Waals surface area contributed by atoms with Gasteiger partial charge in [0, 0.05) is 6.42 Å². The molecule has 1 aromatic rings. The van der Waals surface area contributed by atoms with Gasteiger partial charge in [0.2, 0.25) is 12.3 Å². The minimum atomic E-state index is -0.985. The van der Waals surface area contributed by atoms with Crippen molar-refractivity contribution >= 4 is 11.9 Å². The number of nitrogens with zero attached hydrogens (tertiary/aromatic N) is 2. The van der Waals surface area contributed by atoms with E-state index < -0.39 is 17.9 Å². The number of carboxylic acids is 1. The Bertz CT molecular complexity index is 351. The van der Waals surface area contributed by atoms with E-state index in [9.17, 15) is 9.59 Å². The molecule has 88 valence electrons. The Labute approximate surface area is 90.8 Å². The molecule has 1 unspecified atom stereocenters. The lowest BCUT2D eigenvalue weighted by atomic mass is 10.1. The first kappa shape index (κ1) is 12.1. The molecule has 0 aromatic carbocycles. The van der Waals surface area contributed by atoms with Gasteiger partial charge in [-0.2, -0.15) is 4.98 Å². The van der Waals surface area contributed by atoms with Crippen molar-refractivity contribution in [3.8, 4) is 0 Å². The Hall–Kier alpha value is -1.96. The Kier molecular flexibility index (Phi) is 4.40. The van der Waals surface area contributed by atoms with Gasteiger partial charge in [0.25, 0.3) is 0 Å². The van der Waals surface area contributed by atoms with E-state index in [1.54, 1.807) is 0 Å². The van der Waals surface area contributed by atoms with Crippen LogP contribution in [0.2, 0.25) is 0 Å². The van der Waals surface area contributed by atoms with Crippen molar-refractivity contribution in [2.24, 2.45) is 5.73 Å². The van der Waals surface area contributed by atoms with Crippen LogP contribution < -0.4 is 11.1 Å². The summed E-state index contributed by atoms with van der Waals surface area (Å²) >= 11 is 0. The van der Waals surface area contributed by atoms with E-state index in [0.29, 0.717) is 5.82 Å². The second-order valence-electron chi connectivity index (χ2n) is 3.10. The van der Waals surface area contributed by atoms with Crippen LogP contribution in [0.25, 0.3) is 0 Å². The van der Waals surface area contributed by atoms with Crippen LogP contribution in [-0.4, -0.2) is 33.2 Å². The number of carbonyl (C=O) groups excluding carboxylic acids is 1. The first-order valence-electron chi connectivity index (χ1n) is 4.60. The fourth-order valence-electron chi connectivity index (χ4n) is 0.978. The Morgan fingerprint density at radius 3 is 2.94 bits per heavy atom. The molecule has 0 spiro atoms. The molecule has 0 radical (unpaired) electrons. The number of amides is 1. The van der Waals surface area contributed by atoms with Gasteiger partial charge < -0.3 is 20.7 Å². The molecule has 8 nitrogen and oxygen atoms in total. The molecule has 16 heavy (non-hydrogen) atoms. The molecule has 0 aliphatic heterocycles. The third kappa shape index (κ3) is 4.05. The lowest BCUT2D eigenvalue weighted by molar-refractivity contribution is -0.137. The van der Waals surface area contributed by atoms with E-state index in [1.165, 1.54) is 0 Å². The topological polar surface area (TPSA) is 131 Å². The van der Waals surface area contributed by atoms with Crippen molar-refractivity contribution < 1.29 is 19.2 Å². The maximum Gasteiger partial charge on any atom is 0.303 e. The summed E-state index contributed by atoms with van der Waals surface area (Å²) in [5.41, 5.74) is 5.47. The molecule has 0 saturated carbocycles. The van der Waals surface area contributed by atoms with Crippen LogP contribution in [0.3, 0.4) is 0 Å². The normalized spacial score (nSPS) is 12.1. The fourth-order valence-corrected chi connectivity index (χ4v) is 0.978. The highest BCUT2D eigenvalue weighted by molar-refractivity contribution is 5.82. The smallest absolute Gasteiger partial charge is 0.303 e. The van der Waals surface area contributed by atoms with E-state index in [-0.39, 0.29) is 19.4 Å². The van der Waals surface area contributed by atoms with E-state index in [2.05, 4.69) is 20.0 Å². The van der Waals surface area contributed by atoms with Crippen LogP contribution in [0.1, 0.15) is 18.7 Å². The van der Waals surface area contributed by atoms with E-state index in [4.69, 9.17) is 10.8 Å². The van der Waals surface area contributed by atoms with Crippen LogP contribution in [0.5, 0.6) is 0 Å². The third-order valence-electron chi connectivity index (χ3n) is 1.83. The van der Waals surface area contributed by atoms with Gasteiger partial charge in [-0.1, -0.05) is 5.16 Å². The summed E-state index contributed by atoms with van der Waals surface area (Å²) in [5.74, 6) is -1.09. The lowest BCUT2D eigenvalue weighted by Gasteiger charge is -2.09. The number of carboxylic acid groups (broad SMARTS) is 1. The van der Waals surface area contributed by atoms with Gasteiger partial charge in [0.1, 0.15) is 0 Å². The van der Waals surface area contributed by atoms with Crippen molar-refractivity contribution in [1.82, 2.24) is 15.5 Å². The highest BCUT2D eigenvalue weighted by Gasteiger charge is 2.14. The summed E-state index contributed by atoms with van der Waals surface area (Å²) in [6.45, 7) is 0.107. The number of carbonyl (C=O) groups is 2. The summed E-state index contributed by atoms with van der Waals surface area (Å²) in [5, 5.41) is 14.4. The zero-order chi connectivity index (χ0) is 12.0. The monoisotopic (exact) mass is 228 g/mol. The van der Waals surface area contributed by atoms with Crippen molar-refractivity contribution in [1.29, 1.82) is 0 Å². The number of aliphatic carboxylic acids is 1. The molecule has 1 rings (SSSR count). The lowest BCUT2D eigenvalue weighted by Crippen LogP contribution is -2.40. The molecule has 0 bridgehead atoms. The molecule has 1 heterocycles. The standard InChI is InChI=1S/C8H12N4O4/c9-5(1-2-7(13)14)8(15)10-3-6-11-4-16-12-6/h4-5H,1-3,9H2,(H,10,15)(H,13,14). The van der Waals surface area contributed by atoms with Crippen LogP contribution in [-0.2, 0) is 16.1 Å². The molecule has 0 saturated heterocycles. The summed E-state index contributed by atoms with van der Waals surface area (Å²) in [6.07, 6.45) is 1.09. The largest absolute Gasteiger partial charge is 0.481 e. The number of aromatic nitrogens is 2. The second-order valence-corrected chi connectivity index (χ2v) is 3.10. The number of nitrogens with two attached hydrogens (primary N) is 1. The average molecular weight is 228 g/mol. The minimum Gasteiger partial charge on any atom is -0.481 e. The van der Waals surface area contributed by atoms with Gasteiger partial charge in [0.05, 0.1) is 12.6 Å². The zero-order valence-corrected chi connectivity index (χ0v) is 8.42. The molecule has 0 fully saturated rings. The van der Waals surface area contributed by atoms with Crippen LogP contribution in [0.15, 0.2) is 10.9 Å². The molecule has 0 aliphatic rings. The molecule has 1 atom stereocenters. The van der Waals surface area contributed by atoms with Gasteiger partial charge >= 0.3 is 5.97 Å². The van der Waals surface area contributed by atoms with Gasteiger partial charge in [-0.3, -0.25) is 9.59 Å². The molecule has 1 amide bonds. The summed E-state index contributed by atoms with van der Waals surface area (Å²) in [4.78, 5) is 25.3. The first-order valence-corrected chi connectivity index (χ1v) is 4.60. The number of hydrogen-bond donors (Lipinski definition) is 3.